The molecule has 0 N–H and O–H groups in total. The van der Waals surface area contributed by atoms with Crippen molar-refractivity contribution < 1.29 is 13.9 Å². The third-order valence-corrected chi connectivity index (χ3v) is 4.42. The Hall–Kier alpha value is -2.97. The summed E-state index contributed by atoms with van der Waals surface area (Å²) in [6, 6.07) is 2.50. The monoisotopic (exact) mass is 346 g/mol. The number of fused-ring (bicyclic) bond motifs is 1. The van der Waals surface area contributed by atoms with Gasteiger partial charge in [-0.05, 0) is 24.8 Å². The quantitative estimate of drug-likeness (QED) is 0.793. The lowest BCUT2D eigenvalue weighted by Gasteiger charge is -2.30. The van der Waals surface area contributed by atoms with Crippen molar-refractivity contribution in [2.24, 2.45) is 13.0 Å². The molecule has 0 saturated heterocycles. The lowest BCUT2D eigenvalue weighted by molar-refractivity contribution is -0.121. The zero-order chi connectivity index (χ0) is 17.7. The van der Waals surface area contributed by atoms with Crippen LogP contribution in [0.15, 0.2) is 27.9 Å². The highest BCUT2D eigenvalue weighted by atomic mass is 19.1. The summed E-state index contributed by atoms with van der Waals surface area (Å²) >= 11 is 0. The minimum Gasteiger partial charge on any atom is -0.481 e. The van der Waals surface area contributed by atoms with E-state index in [1.807, 2.05) is 0 Å². The molecule has 0 radical (unpaired) electrons. The molecule has 9 heteroatoms. The van der Waals surface area contributed by atoms with Gasteiger partial charge in [0.1, 0.15) is 17.6 Å². The van der Waals surface area contributed by atoms with Crippen molar-refractivity contribution in [1.29, 1.82) is 0 Å². The van der Waals surface area contributed by atoms with Crippen LogP contribution < -0.4 is 20.9 Å². The van der Waals surface area contributed by atoms with Gasteiger partial charge in [0.05, 0.1) is 5.69 Å². The van der Waals surface area contributed by atoms with Gasteiger partial charge in [0.2, 0.25) is 0 Å². The second-order valence-corrected chi connectivity index (χ2v) is 6.24. The summed E-state index contributed by atoms with van der Waals surface area (Å²) < 4.78 is 21.4. The Labute approximate surface area is 141 Å². The minimum absolute atomic E-state index is 0.140. The molecule has 1 aliphatic carbocycles. The van der Waals surface area contributed by atoms with Crippen LogP contribution in [0.3, 0.4) is 0 Å². The maximum atomic E-state index is 14.5. The highest BCUT2D eigenvalue weighted by molar-refractivity contribution is 5.98. The van der Waals surface area contributed by atoms with Crippen LogP contribution in [0.25, 0.3) is 5.69 Å². The molecule has 2 aliphatic rings. The van der Waals surface area contributed by atoms with Crippen LogP contribution in [0.2, 0.25) is 0 Å². The normalized spacial score (nSPS) is 16.6. The molecular formula is C16H15FN4O4. The van der Waals surface area contributed by atoms with Crippen molar-refractivity contribution >= 4 is 11.6 Å². The maximum Gasteiger partial charge on any atom is 0.352 e. The van der Waals surface area contributed by atoms with Crippen LogP contribution in [0, 0.1) is 11.7 Å². The van der Waals surface area contributed by atoms with Gasteiger partial charge < -0.3 is 9.64 Å². The molecule has 25 heavy (non-hydrogen) atoms. The van der Waals surface area contributed by atoms with Gasteiger partial charge in [0.15, 0.2) is 12.4 Å². The summed E-state index contributed by atoms with van der Waals surface area (Å²) in [6.07, 6.45) is 3.04. The fourth-order valence-corrected chi connectivity index (χ4v) is 2.78. The predicted octanol–water partition coefficient (Wildman–Crippen LogP) is 0.206. The maximum absolute atomic E-state index is 14.5. The third-order valence-electron chi connectivity index (χ3n) is 4.42. The van der Waals surface area contributed by atoms with E-state index in [-0.39, 0.29) is 24.0 Å². The zero-order valence-electron chi connectivity index (χ0n) is 13.4. The summed E-state index contributed by atoms with van der Waals surface area (Å²) in [7, 11) is 1.28. The molecule has 0 atom stereocenters. The molecule has 1 saturated carbocycles. The van der Waals surface area contributed by atoms with Gasteiger partial charge in [0.25, 0.3) is 11.5 Å². The second kappa shape index (κ2) is 5.54. The first-order chi connectivity index (χ1) is 12.0. The van der Waals surface area contributed by atoms with E-state index in [0.29, 0.717) is 18.2 Å². The number of benzene rings is 1. The number of aromatic nitrogens is 3. The van der Waals surface area contributed by atoms with Crippen LogP contribution in [0.4, 0.5) is 10.1 Å². The fraction of sp³-hybridized carbons (Fsp3) is 0.375. The first-order valence-corrected chi connectivity index (χ1v) is 7.88. The minimum atomic E-state index is -0.775. The second-order valence-electron chi connectivity index (χ2n) is 6.24. The molecule has 1 fully saturated rings. The summed E-state index contributed by atoms with van der Waals surface area (Å²) in [5.74, 6) is -0.258. The Balaban J connectivity index is 1.87. The smallest absolute Gasteiger partial charge is 0.352 e. The fourth-order valence-electron chi connectivity index (χ4n) is 2.78. The van der Waals surface area contributed by atoms with Gasteiger partial charge in [-0.25, -0.2) is 9.18 Å². The molecule has 1 amide bonds. The molecule has 2 aromatic rings. The average molecular weight is 346 g/mol. The van der Waals surface area contributed by atoms with Gasteiger partial charge in [-0.3, -0.25) is 14.2 Å². The molecule has 0 bridgehead atoms. The van der Waals surface area contributed by atoms with Crippen LogP contribution in [0.5, 0.6) is 5.75 Å². The highest BCUT2D eigenvalue weighted by Crippen LogP contribution is 2.38. The van der Waals surface area contributed by atoms with E-state index in [0.717, 1.165) is 34.4 Å². The number of anilines is 1. The van der Waals surface area contributed by atoms with E-state index in [1.165, 1.54) is 13.1 Å². The number of halogens is 1. The number of hydrogen-bond donors (Lipinski definition) is 0. The lowest BCUT2D eigenvalue weighted by Crippen LogP contribution is -2.41. The molecule has 1 aliphatic heterocycles. The number of ether oxygens (including phenoxy) is 1. The number of carbonyl (C=O) groups is 1. The number of rotatable bonds is 3. The van der Waals surface area contributed by atoms with Gasteiger partial charge in [-0.15, -0.1) is 0 Å². The SMILES string of the molecule is Cn1c(=O)cnn(-c2cc3c(cc2F)OCC(=O)N3CC2CC2)c1=O. The van der Waals surface area contributed by atoms with Gasteiger partial charge in [0, 0.05) is 19.7 Å². The van der Waals surface area contributed by atoms with E-state index in [2.05, 4.69) is 5.10 Å². The van der Waals surface area contributed by atoms with Crippen LogP contribution in [-0.4, -0.2) is 33.4 Å². The van der Waals surface area contributed by atoms with Crippen molar-refractivity contribution in [2.45, 2.75) is 12.8 Å². The van der Waals surface area contributed by atoms with Gasteiger partial charge >= 0.3 is 5.69 Å². The summed E-state index contributed by atoms with van der Waals surface area (Å²) in [5, 5.41) is 3.72. The Morgan fingerprint density at radius 3 is 2.72 bits per heavy atom. The molecule has 1 aromatic carbocycles. The van der Waals surface area contributed by atoms with Crippen LogP contribution in [-0.2, 0) is 11.8 Å². The largest absolute Gasteiger partial charge is 0.481 e. The van der Waals surface area contributed by atoms with Crippen molar-refractivity contribution in [3.05, 3.63) is 45.0 Å². The van der Waals surface area contributed by atoms with Crippen molar-refractivity contribution in [2.75, 3.05) is 18.1 Å². The standard InChI is InChI=1S/C16H15FN4O4/c1-19-14(22)6-18-21(16(19)24)11-5-12-13(4-10(11)17)25-8-15(23)20(12)7-9-2-3-9/h4-6,9H,2-3,7-8H2,1H3. The molecule has 1 aromatic heterocycles. The topological polar surface area (TPSA) is 86.4 Å². The third kappa shape index (κ3) is 2.61. The Kier molecular flexibility index (Phi) is 3.45. The van der Waals surface area contributed by atoms with E-state index in [1.54, 1.807) is 4.90 Å². The van der Waals surface area contributed by atoms with E-state index < -0.39 is 17.1 Å². The molecule has 0 spiro atoms. The summed E-state index contributed by atoms with van der Waals surface area (Å²) in [6.45, 7) is 0.395. The predicted molar refractivity (Wildman–Crippen MR) is 85.6 cm³/mol. The van der Waals surface area contributed by atoms with E-state index >= 15 is 0 Å². The van der Waals surface area contributed by atoms with Crippen LogP contribution in [0.1, 0.15) is 12.8 Å². The molecule has 4 rings (SSSR count). The van der Waals surface area contributed by atoms with E-state index in [4.69, 9.17) is 4.74 Å². The average Bonchev–Trinajstić information content (AvgIpc) is 3.40. The van der Waals surface area contributed by atoms with Crippen LogP contribution >= 0.6 is 0 Å². The summed E-state index contributed by atoms with van der Waals surface area (Å²) in [5.41, 5.74) is -1.10. The number of carbonyl (C=O) groups excluding carboxylic acids is 1. The van der Waals surface area contributed by atoms with Crippen molar-refractivity contribution in [3.8, 4) is 11.4 Å². The summed E-state index contributed by atoms with van der Waals surface area (Å²) in [4.78, 5) is 37.5. The molecule has 130 valence electrons. The van der Waals surface area contributed by atoms with Gasteiger partial charge in [-0.1, -0.05) is 0 Å². The van der Waals surface area contributed by atoms with E-state index in [9.17, 15) is 18.8 Å². The first-order valence-electron chi connectivity index (χ1n) is 7.88. The first kappa shape index (κ1) is 15.6. The van der Waals surface area contributed by atoms with Crippen molar-refractivity contribution in [3.63, 3.8) is 0 Å². The van der Waals surface area contributed by atoms with Gasteiger partial charge in [-0.2, -0.15) is 9.78 Å². The highest BCUT2D eigenvalue weighted by Gasteiger charge is 2.33. The zero-order valence-corrected chi connectivity index (χ0v) is 13.4. The molecular weight excluding hydrogens is 331 g/mol. The molecule has 0 unspecified atom stereocenters. The number of amides is 1. The Bertz CT molecular complexity index is 993. The Morgan fingerprint density at radius 1 is 1.24 bits per heavy atom. The lowest BCUT2D eigenvalue weighted by atomic mass is 10.2. The molecule has 8 nitrogen and oxygen atoms in total. The number of nitrogens with zero attached hydrogens (tertiary/aromatic N) is 4. The van der Waals surface area contributed by atoms with Crippen molar-refractivity contribution in [1.82, 2.24) is 14.3 Å². The Morgan fingerprint density at radius 2 is 2.00 bits per heavy atom. The molecule has 2 heterocycles. The number of hydrogen-bond acceptors (Lipinski definition) is 5.